The third-order valence-corrected chi connectivity index (χ3v) is 1.89. The second-order valence-corrected chi connectivity index (χ2v) is 2.64. The summed E-state index contributed by atoms with van der Waals surface area (Å²) in [7, 11) is 0. The van der Waals surface area contributed by atoms with Gasteiger partial charge in [0.1, 0.15) is 0 Å². The summed E-state index contributed by atoms with van der Waals surface area (Å²) in [6, 6.07) is 0. The highest BCUT2D eigenvalue weighted by Gasteiger charge is 2.01. The molecule has 0 aromatic carbocycles. The molecule has 0 aromatic heterocycles. The number of carbonyl (C=O) groups excluding carboxylic acids is 1. The first-order chi connectivity index (χ1) is 4.70. The van der Waals surface area contributed by atoms with Crippen molar-refractivity contribution < 1.29 is 9.90 Å². The van der Waals surface area contributed by atoms with E-state index in [0.717, 1.165) is 0 Å². The molecule has 1 atom stereocenters. The van der Waals surface area contributed by atoms with Crippen LogP contribution in [-0.4, -0.2) is 28.1 Å². The zero-order chi connectivity index (χ0) is 7.98. The molecule has 0 saturated carbocycles. The number of hydrogen-bond acceptors (Lipinski definition) is 2. The molecule has 0 bridgehead atoms. The van der Waals surface area contributed by atoms with Gasteiger partial charge >= 0.3 is 0 Å². The number of rotatable bonds is 4. The van der Waals surface area contributed by atoms with E-state index in [9.17, 15) is 4.79 Å². The highest BCUT2D eigenvalue weighted by atomic mass is 127. The number of halogens is 1. The van der Waals surface area contributed by atoms with E-state index in [1.54, 1.807) is 0 Å². The van der Waals surface area contributed by atoms with Gasteiger partial charge in [0, 0.05) is 11.0 Å². The largest absolute Gasteiger partial charge is 0.390 e. The smallest absolute Gasteiger partial charge is 0.243 e. The van der Waals surface area contributed by atoms with E-state index in [4.69, 9.17) is 5.11 Å². The SMILES string of the molecule is C=CC(=O)NCC(O)CI. The first-order valence-electron chi connectivity index (χ1n) is 2.85. The summed E-state index contributed by atoms with van der Waals surface area (Å²) in [6.07, 6.45) is 0.726. The number of nitrogens with one attached hydrogen (secondary N) is 1. The fourth-order valence-electron chi connectivity index (χ4n) is 0.345. The maximum Gasteiger partial charge on any atom is 0.243 e. The highest BCUT2D eigenvalue weighted by Crippen LogP contribution is 1.87. The highest BCUT2D eigenvalue weighted by molar-refractivity contribution is 14.1. The summed E-state index contributed by atoms with van der Waals surface area (Å²) in [4.78, 5) is 10.5. The van der Waals surface area contributed by atoms with Crippen molar-refractivity contribution in [2.24, 2.45) is 0 Å². The molecule has 0 fully saturated rings. The van der Waals surface area contributed by atoms with Crippen molar-refractivity contribution >= 4 is 28.5 Å². The number of aliphatic hydroxyl groups excluding tert-OH is 1. The maximum atomic E-state index is 10.5. The van der Waals surface area contributed by atoms with Gasteiger partial charge in [0.2, 0.25) is 5.91 Å². The molecular weight excluding hydrogens is 245 g/mol. The predicted molar refractivity (Wildman–Crippen MR) is 48.1 cm³/mol. The van der Waals surface area contributed by atoms with E-state index >= 15 is 0 Å². The summed E-state index contributed by atoms with van der Waals surface area (Å²) in [5.41, 5.74) is 0. The van der Waals surface area contributed by atoms with Gasteiger partial charge in [-0.3, -0.25) is 4.79 Å². The van der Waals surface area contributed by atoms with Crippen LogP contribution >= 0.6 is 22.6 Å². The quantitative estimate of drug-likeness (QED) is 0.425. The molecule has 0 spiro atoms. The first kappa shape index (κ1) is 9.90. The number of amides is 1. The Kier molecular flexibility index (Phi) is 5.61. The molecule has 0 aliphatic carbocycles. The molecule has 0 aliphatic heterocycles. The van der Waals surface area contributed by atoms with Crippen molar-refractivity contribution in [3.8, 4) is 0 Å². The Morgan fingerprint density at radius 2 is 2.50 bits per heavy atom. The number of hydrogen-bond donors (Lipinski definition) is 2. The van der Waals surface area contributed by atoms with Gasteiger partial charge < -0.3 is 10.4 Å². The molecule has 0 aliphatic rings. The Bertz CT molecular complexity index is 127. The van der Waals surface area contributed by atoms with Gasteiger partial charge in [-0.1, -0.05) is 29.2 Å². The molecule has 0 radical (unpaired) electrons. The van der Waals surface area contributed by atoms with Crippen LogP contribution in [-0.2, 0) is 4.79 Å². The van der Waals surface area contributed by atoms with Gasteiger partial charge in [0.15, 0.2) is 0 Å². The molecule has 0 aromatic rings. The Balaban J connectivity index is 3.34. The fourth-order valence-corrected chi connectivity index (χ4v) is 0.657. The van der Waals surface area contributed by atoms with Crippen LogP contribution in [0, 0.1) is 0 Å². The molecule has 0 heterocycles. The Hall–Kier alpha value is -0.100. The normalized spacial score (nSPS) is 12.2. The lowest BCUT2D eigenvalue weighted by atomic mass is 10.4. The van der Waals surface area contributed by atoms with Crippen molar-refractivity contribution in [1.29, 1.82) is 0 Å². The number of alkyl halides is 1. The molecular formula is C6H10INO2. The van der Waals surface area contributed by atoms with Crippen LogP contribution in [0.25, 0.3) is 0 Å². The third kappa shape index (κ3) is 4.75. The minimum Gasteiger partial charge on any atom is -0.390 e. The zero-order valence-corrected chi connectivity index (χ0v) is 7.67. The van der Waals surface area contributed by atoms with Crippen molar-refractivity contribution in [3.63, 3.8) is 0 Å². The monoisotopic (exact) mass is 255 g/mol. The van der Waals surface area contributed by atoms with Crippen LogP contribution < -0.4 is 5.32 Å². The summed E-state index contributed by atoms with van der Waals surface area (Å²) in [5.74, 6) is -0.246. The van der Waals surface area contributed by atoms with Gasteiger partial charge in [0.05, 0.1) is 6.10 Å². The molecule has 4 heteroatoms. The van der Waals surface area contributed by atoms with Crippen LogP contribution in [0.1, 0.15) is 0 Å². The Morgan fingerprint density at radius 3 is 2.90 bits per heavy atom. The lowest BCUT2D eigenvalue weighted by Crippen LogP contribution is -2.31. The van der Waals surface area contributed by atoms with Gasteiger partial charge in [0.25, 0.3) is 0 Å². The minimum absolute atomic E-state index is 0.246. The van der Waals surface area contributed by atoms with Gasteiger partial charge in [-0.05, 0) is 6.08 Å². The topological polar surface area (TPSA) is 49.3 Å². The van der Waals surface area contributed by atoms with E-state index in [-0.39, 0.29) is 5.91 Å². The average molecular weight is 255 g/mol. The van der Waals surface area contributed by atoms with E-state index in [1.165, 1.54) is 6.08 Å². The van der Waals surface area contributed by atoms with E-state index in [0.29, 0.717) is 11.0 Å². The second kappa shape index (κ2) is 5.67. The van der Waals surface area contributed by atoms with Gasteiger partial charge in [-0.2, -0.15) is 0 Å². The van der Waals surface area contributed by atoms with Crippen molar-refractivity contribution in [2.45, 2.75) is 6.10 Å². The minimum atomic E-state index is -0.454. The molecule has 1 unspecified atom stereocenters. The Morgan fingerprint density at radius 1 is 1.90 bits per heavy atom. The van der Waals surface area contributed by atoms with Crippen molar-refractivity contribution in [2.75, 3.05) is 11.0 Å². The van der Waals surface area contributed by atoms with Crippen LogP contribution in [0.5, 0.6) is 0 Å². The second-order valence-electron chi connectivity index (χ2n) is 1.76. The van der Waals surface area contributed by atoms with E-state index in [2.05, 4.69) is 11.9 Å². The number of aliphatic hydroxyl groups is 1. The first-order valence-corrected chi connectivity index (χ1v) is 4.37. The van der Waals surface area contributed by atoms with Crippen LogP contribution in [0.15, 0.2) is 12.7 Å². The molecule has 58 valence electrons. The summed E-state index contributed by atoms with van der Waals surface area (Å²) in [6.45, 7) is 3.57. The van der Waals surface area contributed by atoms with Crippen molar-refractivity contribution in [1.82, 2.24) is 5.32 Å². The summed E-state index contributed by atoms with van der Waals surface area (Å²) in [5, 5.41) is 11.4. The standard InChI is InChI=1S/C6H10INO2/c1-2-6(10)8-4-5(9)3-7/h2,5,9H,1,3-4H2,(H,8,10). The molecule has 3 nitrogen and oxygen atoms in total. The molecule has 1 amide bonds. The molecule has 2 N–H and O–H groups in total. The Labute approximate surface area is 73.6 Å². The number of carbonyl (C=O) groups is 1. The van der Waals surface area contributed by atoms with Gasteiger partial charge in [-0.15, -0.1) is 0 Å². The van der Waals surface area contributed by atoms with E-state index in [1.807, 2.05) is 22.6 Å². The van der Waals surface area contributed by atoms with Crippen LogP contribution in [0.2, 0.25) is 0 Å². The predicted octanol–water partition coefficient (Wildman–Crippen LogP) is 0.0845. The van der Waals surface area contributed by atoms with Crippen molar-refractivity contribution in [3.05, 3.63) is 12.7 Å². The molecule has 0 saturated heterocycles. The average Bonchev–Trinajstić information content (AvgIpc) is 1.99. The molecule has 10 heavy (non-hydrogen) atoms. The third-order valence-electron chi connectivity index (χ3n) is 0.875. The lowest BCUT2D eigenvalue weighted by Gasteiger charge is -2.05. The fraction of sp³-hybridized carbons (Fsp3) is 0.500. The summed E-state index contributed by atoms with van der Waals surface area (Å²) < 4.78 is 0.620. The van der Waals surface area contributed by atoms with Crippen LogP contribution in [0.3, 0.4) is 0 Å². The van der Waals surface area contributed by atoms with Crippen LogP contribution in [0.4, 0.5) is 0 Å². The lowest BCUT2D eigenvalue weighted by molar-refractivity contribution is -0.116. The van der Waals surface area contributed by atoms with E-state index < -0.39 is 6.10 Å². The van der Waals surface area contributed by atoms with Gasteiger partial charge in [-0.25, -0.2) is 0 Å². The molecule has 0 rings (SSSR count). The zero-order valence-electron chi connectivity index (χ0n) is 5.51. The maximum absolute atomic E-state index is 10.5. The summed E-state index contributed by atoms with van der Waals surface area (Å²) >= 11 is 2.05.